The van der Waals surface area contributed by atoms with Crippen LogP contribution in [0, 0.1) is 10.7 Å². The first-order valence-corrected chi connectivity index (χ1v) is 6.02. The number of rotatable bonds is 4. The molecule has 0 saturated heterocycles. The molecule has 3 nitrogen and oxygen atoms in total. The Hall–Kier alpha value is -2.25. The van der Waals surface area contributed by atoms with Gasteiger partial charge in [0.2, 0.25) is 0 Å². The van der Waals surface area contributed by atoms with Gasteiger partial charge in [0.15, 0.2) is 0 Å². The van der Waals surface area contributed by atoms with Gasteiger partial charge in [-0.1, -0.05) is 0 Å². The van der Waals surface area contributed by atoms with E-state index < -0.39 is 0 Å². The van der Waals surface area contributed by atoms with Crippen LogP contribution in [0.15, 0.2) is 53.4 Å². The van der Waals surface area contributed by atoms with Crippen molar-refractivity contribution in [2.45, 2.75) is 4.90 Å². The molecule has 0 fully saturated rings. The number of carbonyl (C=O) groups excluding carboxylic acids is 1. The number of benzene rings is 2. The SMILES string of the molecule is N#CSc1ccc(Oc2ccc(C=O)cc2)cc1. The molecule has 0 atom stereocenters. The Labute approximate surface area is 109 Å². The van der Waals surface area contributed by atoms with Crippen LogP contribution < -0.4 is 4.74 Å². The third-order valence-electron chi connectivity index (χ3n) is 2.24. The number of ether oxygens (including phenoxy) is 1. The Morgan fingerprint density at radius 1 is 1.00 bits per heavy atom. The summed E-state index contributed by atoms with van der Waals surface area (Å²) in [6.45, 7) is 0. The van der Waals surface area contributed by atoms with Crippen molar-refractivity contribution in [1.29, 1.82) is 5.26 Å². The smallest absolute Gasteiger partial charge is 0.150 e. The Bertz CT molecular complexity index is 570. The molecule has 0 heterocycles. The quantitative estimate of drug-likeness (QED) is 0.473. The monoisotopic (exact) mass is 255 g/mol. The van der Waals surface area contributed by atoms with Gasteiger partial charge < -0.3 is 4.74 Å². The lowest BCUT2D eigenvalue weighted by Gasteiger charge is -2.05. The van der Waals surface area contributed by atoms with Crippen molar-refractivity contribution in [3.05, 3.63) is 54.1 Å². The van der Waals surface area contributed by atoms with Crippen LogP contribution in [0.3, 0.4) is 0 Å². The van der Waals surface area contributed by atoms with Crippen LogP contribution >= 0.6 is 11.8 Å². The van der Waals surface area contributed by atoms with E-state index in [1.807, 2.05) is 17.5 Å². The summed E-state index contributed by atoms with van der Waals surface area (Å²) in [5.41, 5.74) is 0.614. The maximum absolute atomic E-state index is 10.5. The molecule has 0 aliphatic heterocycles. The average Bonchev–Trinajstić information content (AvgIpc) is 2.42. The lowest BCUT2D eigenvalue weighted by Crippen LogP contribution is -1.85. The summed E-state index contributed by atoms with van der Waals surface area (Å²) >= 11 is 1.11. The molecule has 2 rings (SSSR count). The van der Waals surface area contributed by atoms with Gasteiger partial charge in [-0.3, -0.25) is 4.79 Å². The zero-order valence-electron chi connectivity index (χ0n) is 9.37. The molecule has 0 N–H and O–H groups in total. The summed E-state index contributed by atoms with van der Waals surface area (Å²) in [5, 5.41) is 10.5. The summed E-state index contributed by atoms with van der Waals surface area (Å²) < 4.78 is 5.60. The van der Waals surface area contributed by atoms with Crippen LogP contribution in [-0.2, 0) is 0 Å². The van der Waals surface area contributed by atoms with Gasteiger partial charge in [0.1, 0.15) is 23.2 Å². The zero-order valence-corrected chi connectivity index (χ0v) is 10.2. The van der Waals surface area contributed by atoms with Crippen LogP contribution in [0.1, 0.15) is 10.4 Å². The second-order valence-electron chi connectivity index (χ2n) is 3.45. The highest BCUT2D eigenvalue weighted by Crippen LogP contribution is 2.24. The molecule has 0 spiro atoms. The van der Waals surface area contributed by atoms with Crippen molar-refractivity contribution >= 4 is 18.0 Å². The molecular weight excluding hydrogens is 246 g/mol. The Morgan fingerprint density at radius 3 is 2.06 bits per heavy atom. The second-order valence-corrected chi connectivity index (χ2v) is 4.31. The molecule has 0 amide bonds. The molecule has 0 saturated carbocycles. The molecule has 2 aromatic rings. The van der Waals surface area contributed by atoms with Gasteiger partial charge in [0.25, 0.3) is 0 Å². The molecular formula is C14H9NO2S. The van der Waals surface area contributed by atoms with Crippen molar-refractivity contribution in [3.63, 3.8) is 0 Å². The number of thioether (sulfide) groups is 1. The van der Waals surface area contributed by atoms with E-state index >= 15 is 0 Å². The van der Waals surface area contributed by atoms with E-state index in [9.17, 15) is 4.79 Å². The minimum atomic E-state index is 0.614. The lowest BCUT2D eigenvalue weighted by molar-refractivity contribution is 0.112. The standard InChI is InChI=1S/C14H9NO2S/c15-10-18-14-7-5-13(6-8-14)17-12-3-1-11(9-16)2-4-12/h1-9H. The lowest BCUT2D eigenvalue weighted by atomic mass is 10.2. The molecule has 0 unspecified atom stereocenters. The van der Waals surface area contributed by atoms with E-state index in [0.29, 0.717) is 17.1 Å². The van der Waals surface area contributed by atoms with Crippen molar-refractivity contribution in [3.8, 4) is 16.9 Å². The predicted octanol–water partition coefficient (Wildman–Crippen LogP) is 3.86. The topological polar surface area (TPSA) is 50.1 Å². The molecule has 2 aromatic carbocycles. The molecule has 0 aromatic heterocycles. The van der Waals surface area contributed by atoms with Gasteiger partial charge in [-0.05, 0) is 60.3 Å². The summed E-state index contributed by atoms with van der Waals surface area (Å²) in [5.74, 6) is 1.36. The number of thiocyanates is 1. The first-order chi connectivity index (χ1) is 8.81. The van der Waals surface area contributed by atoms with Crippen LogP contribution in [0.2, 0.25) is 0 Å². The number of nitriles is 1. The van der Waals surface area contributed by atoms with E-state index in [2.05, 4.69) is 0 Å². The normalized spacial score (nSPS) is 9.50. The van der Waals surface area contributed by atoms with Crippen LogP contribution in [-0.4, -0.2) is 6.29 Å². The molecule has 0 radical (unpaired) electrons. The fourth-order valence-corrected chi connectivity index (χ4v) is 1.76. The molecule has 0 aliphatic carbocycles. The van der Waals surface area contributed by atoms with Gasteiger partial charge in [0, 0.05) is 10.5 Å². The molecule has 4 heteroatoms. The largest absolute Gasteiger partial charge is 0.457 e. The van der Waals surface area contributed by atoms with Gasteiger partial charge in [-0.2, -0.15) is 5.26 Å². The third-order valence-corrected chi connectivity index (χ3v) is 2.84. The second kappa shape index (κ2) is 5.89. The Kier molecular flexibility index (Phi) is 4.00. The van der Waals surface area contributed by atoms with Gasteiger partial charge in [0.05, 0.1) is 0 Å². The van der Waals surface area contributed by atoms with E-state index in [4.69, 9.17) is 10.00 Å². The fraction of sp³-hybridized carbons (Fsp3) is 0. The highest BCUT2D eigenvalue weighted by atomic mass is 32.2. The first kappa shape index (κ1) is 12.2. The van der Waals surface area contributed by atoms with Crippen LogP contribution in [0.25, 0.3) is 0 Å². The zero-order chi connectivity index (χ0) is 12.8. The van der Waals surface area contributed by atoms with Crippen molar-refractivity contribution in [1.82, 2.24) is 0 Å². The molecule has 18 heavy (non-hydrogen) atoms. The maximum atomic E-state index is 10.5. The van der Waals surface area contributed by atoms with Gasteiger partial charge in [-0.25, -0.2) is 0 Å². The summed E-state index contributed by atoms with van der Waals surface area (Å²) in [6, 6.07) is 14.1. The number of nitrogens with zero attached hydrogens (tertiary/aromatic N) is 1. The van der Waals surface area contributed by atoms with Crippen molar-refractivity contribution < 1.29 is 9.53 Å². The summed E-state index contributed by atoms with van der Waals surface area (Å²) in [4.78, 5) is 11.4. The highest BCUT2D eigenvalue weighted by Gasteiger charge is 1.98. The van der Waals surface area contributed by atoms with E-state index in [1.165, 1.54) is 0 Å². The number of hydrogen-bond acceptors (Lipinski definition) is 4. The summed E-state index contributed by atoms with van der Waals surface area (Å²) in [6.07, 6.45) is 0.789. The molecule has 0 aliphatic rings. The number of carbonyl (C=O) groups is 1. The molecule has 88 valence electrons. The number of hydrogen-bond donors (Lipinski definition) is 0. The minimum Gasteiger partial charge on any atom is -0.457 e. The maximum Gasteiger partial charge on any atom is 0.150 e. The van der Waals surface area contributed by atoms with Crippen molar-refractivity contribution in [2.75, 3.05) is 0 Å². The first-order valence-electron chi connectivity index (χ1n) is 5.21. The van der Waals surface area contributed by atoms with E-state index in [-0.39, 0.29) is 0 Å². The van der Waals surface area contributed by atoms with Gasteiger partial charge >= 0.3 is 0 Å². The minimum absolute atomic E-state index is 0.614. The van der Waals surface area contributed by atoms with E-state index in [0.717, 1.165) is 22.9 Å². The van der Waals surface area contributed by atoms with E-state index in [1.54, 1.807) is 36.4 Å². The van der Waals surface area contributed by atoms with Crippen LogP contribution in [0.5, 0.6) is 11.5 Å². The summed E-state index contributed by atoms with van der Waals surface area (Å²) in [7, 11) is 0. The average molecular weight is 255 g/mol. The van der Waals surface area contributed by atoms with Crippen molar-refractivity contribution in [2.24, 2.45) is 0 Å². The Morgan fingerprint density at radius 2 is 1.56 bits per heavy atom. The van der Waals surface area contributed by atoms with Gasteiger partial charge in [-0.15, -0.1) is 0 Å². The number of aldehydes is 1. The third kappa shape index (κ3) is 3.12. The fourth-order valence-electron chi connectivity index (χ4n) is 1.38. The Balaban J connectivity index is 2.08. The molecule has 0 bridgehead atoms. The van der Waals surface area contributed by atoms with Crippen LogP contribution in [0.4, 0.5) is 0 Å². The highest BCUT2D eigenvalue weighted by molar-refractivity contribution is 8.03. The predicted molar refractivity (Wildman–Crippen MR) is 69.8 cm³/mol.